The summed E-state index contributed by atoms with van der Waals surface area (Å²) in [5, 5.41) is 0. The fourth-order valence-electron chi connectivity index (χ4n) is 2.10. The zero-order valence-electron chi connectivity index (χ0n) is 11.9. The molecule has 18 heavy (non-hydrogen) atoms. The lowest BCUT2D eigenvalue weighted by Crippen LogP contribution is -2.35. The molecule has 1 saturated heterocycles. The third-order valence-corrected chi connectivity index (χ3v) is 2.96. The van der Waals surface area contributed by atoms with Crippen LogP contribution in [-0.2, 0) is 9.53 Å². The minimum absolute atomic E-state index is 0.0936. The molecule has 1 rings (SSSR count). The van der Waals surface area contributed by atoms with Gasteiger partial charge in [0.1, 0.15) is 5.60 Å². The van der Waals surface area contributed by atoms with Crippen LogP contribution in [0.15, 0.2) is 12.2 Å². The molecule has 1 heterocycles. The number of allylic oxidation sites excluding steroid dienone is 2. The van der Waals surface area contributed by atoms with E-state index in [1.165, 1.54) is 0 Å². The summed E-state index contributed by atoms with van der Waals surface area (Å²) in [6, 6.07) is 0. The van der Waals surface area contributed by atoms with Crippen molar-refractivity contribution in [1.29, 1.82) is 0 Å². The maximum atomic E-state index is 11.9. The van der Waals surface area contributed by atoms with E-state index in [-0.39, 0.29) is 23.7 Å². The van der Waals surface area contributed by atoms with Gasteiger partial charge in [0, 0.05) is 19.0 Å². The largest absolute Gasteiger partial charge is 0.444 e. The number of amides is 1. The van der Waals surface area contributed by atoms with Gasteiger partial charge in [0.2, 0.25) is 0 Å². The van der Waals surface area contributed by atoms with Gasteiger partial charge in [-0.25, -0.2) is 4.79 Å². The third-order valence-electron chi connectivity index (χ3n) is 2.96. The average Bonchev–Trinajstić information content (AvgIpc) is 2.58. The zero-order chi connectivity index (χ0) is 13.9. The fourth-order valence-corrected chi connectivity index (χ4v) is 2.10. The number of carbonyl (C=O) groups is 2. The molecule has 2 unspecified atom stereocenters. The predicted octanol–water partition coefficient (Wildman–Crippen LogP) is 2.63. The Labute approximate surface area is 109 Å². The molecular weight excluding hydrogens is 230 g/mol. The molecule has 0 bridgehead atoms. The molecule has 4 nitrogen and oxygen atoms in total. The van der Waals surface area contributed by atoms with Crippen molar-refractivity contribution in [2.24, 2.45) is 11.8 Å². The molecular formula is C14H23NO3. The maximum absolute atomic E-state index is 11.9. The van der Waals surface area contributed by atoms with Gasteiger partial charge in [-0.1, -0.05) is 13.0 Å². The van der Waals surface area contributed by atoms with E-state index in [1.807, 2.05) is 34.6 Å². The molecule has 1 aliphatic rings. The van der Waals surface area contributed by atoms with E-state index >= 15 is 0 Å². The second-order valence-corrected chi connectivity index (χ2v) is 5.87. The third kappa shape index (κ3) is 3.86. The number of ketones is 1. The Morgan fingerprint density at radius 3 is 2.39 bits per heavy atom. The molecule has 0 saturated carbocycles. The lowest BCUT2D eigenvalue weighted by Gasteiger charge is -2.24. The lowest BCUT2D eigenvalue weighted by atomic mass is 9.93. The molecule has 4 heteroatoms. The smallest absolute Gasteiger partial charge is 0.410 e. The first-order valence-electron chi connectivity index (χ1n) is 6.39. The van der Waals surface area contributed by atoms with Crippen LogP contribution < -0.4 is 0 Å². The van der Waals surface area contributed by atoms with Gasteiger partial charge >= 0.3 is 6.09 Å². The van der Waals surface area contributed by atoms with Gasteiger partial charge < -0.3 is 9.64 Å². The summed E-state index contributed by atoms with van der Waals surface area (Å²) in [4.78, 5) is 25.4. The highest BCUT2D eigenvalue weighted by Crippen LogP contribution is 2.25. The highest BCUT2D eigenvalue weighted by molar-refractivity contribution is 5.92. The van der Waals surface area contributed by atoms with Gasteiger partial charge in [-0.2, -0.15) is 0 Å². The summed E-state index contributed by atoms with van der Waals surface area (Å²) >= 11 is 0. The first kappa shape index (κ1) is 14.7. The molecule has 0 aliphatic carbocycles. The van der Waals surface area contributed by atoms with Gasteiger partial charge in [-0.05, 0) is 39.7 Å². The van der Waals surface area contributed by atoms with Crippen LogP contribution in [0.25, 0.3) is 0 Å². The summed E-state index contributed by atoms with van der Waals surface area (Å²) in [7, 11) is 0. The van der Waals surface area contributed by atoms with Gasteiger partial charge in [-0.15, -0.1) is 0 Å². The highest BCUT2D eigenvalue weighted by atomic mass is 16.6. The molecule has 0 aromatic heterocycles. The van der Waals surface area contributed by atoms with Gasteiger partial charge in [0.15, 0.2) is 5.78 Å². The van der Waals surface area contributed by atoms with Crippen LogP contribution in [0, 0.1) is 11.8 Å². The van der Waals surface area contributed by atoms with Crippen molar-refractivity contribution >= 4 is 11.9 Å². The first-order valence-corrected chi connectivity index (χ1v) is 6.39. The highest BCUT2D eigenvalue weighted by Gasteiger charge is 2.37. The van der Waals surface area contributed by atoms with E-state index in [4.69, 9.17) is 4.74 Å². The Bertz CT molecular complexity index is 355. The Morgan fingerprint density at radius 1 is 1.28 bits per heavy atom. The van der Waals surface area contributed by atoms with Crippen molar-refractivity contribution in [3.8, 4) is 0 Å². The SMILES string of the molecule is C/C=C/C(=O)C1CN(C(=O)OC(C)(C)C)CC1C. The van der Waals surface area contributed by atoms with Gasteiger partial charge in [-0.3, -0.25) is 4.79 Å². The van der Waals surface area contributed by atoms with E-state index in [0.29, 0.717) is 13.1 Å². The number of likely N-dealkylation sites (tertiary alicyclic amines) is 1. The van der Waals surface area contributed by atoms with Crippen LogP contribution in [0.1, 0.15) is 34.6 Å². The first-order chi connectivity index (χ1) is 8.24. The van der Waals surface area contributed by atoms with Crippen molar-refractivity contribution in [1.82, 2.24) is 4.90 Å². The van der Waals surface area contributed by atoms with E-state index in [0.717, 1.165) is 0 Å². The monoisotopic (exact) mass is 253 g/mol. The Morgan fingerprint density at radius 2 is 1.89 bits per heavy atom. The predicted molar refractivity (Wildman–Crippen MR) is 70.3 cm³/mol. The van der Waals surface area contributed by atoms with Crippen LogP contribution in [0.3, 0.4) is 0 Å². The lowest BCUT2D eigenvalue weighted by molar-refractivity contribution is -0.118. The quantitative estimate of drug-likeness (QED) is 0.711. The number of hydrogen-bond donors (Lipinski definition) is 0. The Kier molecular flexibility index (Phi) is 4.54. The molecule has 0 aromatic carbocycles. The van der Waals surface area contributed by atoms with Crippen molar-refractivity contribution in [2.75, 3.05) is 13.1 Å². The number of rotatable bonds is 2. The number of hydrogen-bond acceptors (Lipinski definition) is 3. The molecule has 1 amide bonds. The number of ether oxygens (including phenoxy) is 1. The second kappa shape index (κ2) is 5.55. The molecule has 0 aromatic rings. The van der Waals surface area contributed by atoms with Crippen LogP contribution in [0.2, 0.25) is 0 Å². The van der Waals surface area contributed by atoms with E-state index in [9.17, 15) is 9.59 Å². The normalized spacial score (nSPS) is 24.6. The summed E-state index contributed by atoms with van der Waals surface area (Å²) < 4.78 is 5.32. The molecule has 1 fully saturated rings. The van der Waals surface area contributed by atoms with E-state index in [1.54, 1.807) is 17.1 Å². The number of carbonyl (C=O) groups excluding carboxylic acids is 2. The second-order valence-electron chi connectivity index (χ2n) is 5.87. The molecule has 1 aliphatic heterocycles. The van der Waals surface area contributed by atoms with Crippen LogP contribution >= 0.6 is 0 Å². The summed E-state index contributed by atoms with van der Waals surface area (Å²) in [6.07, 6.45) is 3.00. The molecule has 0 radical (unpaired) electrons. The summed E-state index contributed by atoms with van der Waals surface area (Å²) in [6.45, 7) is 10.4. The standard InChI is InChI=1S/C14H23NO3/c1-6-7-12(16)11-9-15(8-10(11)2)13(17)18-14(3,4)5/h6-7,10-11H,8-9H2,1-5H3/b7-6+. The van der Waals surface area contributed by atoms with Crippen molar-refractivity contribution in [3.63, 3.8) is 0 Å². The topological polar surface area (TPSA) is 46.6 Å². The summed E-state index contributed by atoms with van der Waals surface area (Å²) in [5.74, 6) is 0.172. The average molecular weight is 253 g/mol. The molecule has 0 spiro atoms. The van der Waals surface area contributed by atoms with Gasteiger partial charge in [0.25, 0.3) is 0 Å². The summed E-state index contributed by atoms with van der Waals surface area (Å²) in [5.41, 5.74) is -0.494. The zero-order valence-corrected chi connectivity index (χ0v) is 11.9. The van der Waals surface area contributed by atoms with Crippen LogP contribution in [-0.4, -0.2) is 35.5 Å². The van der Waals surface area contributed by atoms with Crippen molar-refractivity contribution in [3.05, 3.63) is 12.2 Å². The molecule has 0 N–H and O–H groups in total. The minimum atomic E-state index is -0.494. The van der Waals surface area contributed by atoms with Crippen LogP contribution in [0.4, 0.5) is 4.79 Å². The van der Waals surface area contributed by atoms with Crippen LogP contribution in [0.5, 0.6) is 0 Å². The molecule has 2 atom stereocenters. The molecule has 102 valence electrons. The number of nitrogens with zero attached hydrogens (tertiary/aromatic N) is 1. The van der Waals surface area contributed by atoms with Crippen molar-refractivity contribution < 1.29 is 14.3 Å². The maximum Gasteiger partial charge on any atom is 0.410 e. The Balaban J connectivity index is 2.63. The van der Waals surface area contributed by atoms with Gasteiger partial charge in [0.05, 0.1) is 0 Å². The Hall–Kier alpha value is -1.32. The fraction of sp³-hybridized carbons (Fsp3) is 0.714. The van der Waals surface area contributed by atoms with E-state index in [2.05, 4.69) is 0 Å². The van der Waals surface area contributed by atoms with E-state index < -0.39 is 5.60 Å². The minimum Gasteiger partial charge on any atom is -0.444 e. The van der Waals surface area contributed by atoms with Crippen molar-refractivity contribution in [2.45, 2.75) is 40.2 Å².